The molecule has 2 aromatic rings. The zero-order valence-corrected chi connectivity index (χ0v) is 13.5. The van der Waals surface area contributed by atoms with Gasteiger partial charge in [0.25, 0.3) is 10.0 Å². The average molecular weight is 345 g/mol. The van der Waals surface area contributed by atoms with E-state index in [9.17, 15) is 8.42 Å². The third-order valence-electron chi connectivity index (χ3n) is 3.81. The van der Waals surface area contributed by atoms with Crippen LogP contribution in [0.15, 0.2) is 45.8 Å². The maximum Gasteiger partial charge on any atom is 0.289 e. The van der Waals surface area contributed by atoms with Gasteiger partial charge in [-0.05, 0) is 0 Å². The second-order valence-electron chi connectivity index (χ2n) is 5.39. The summed E-state index contributed by atoms with van der Waals surface area (Å²) in [6.07, 6.45) is 1.31. The van der Waals surface area contributed by atoms with Crippen molar-refractivity contribution in [2.45, 2.75) is 4.90 Å². The Balaban J connectivity index is 1.73. The quantitative estimate of drug-likeness (QED) is 0.863. The van der Waals surface area contributed by atoms with Crippen LogP contribution in [0.2, 0.25) is 0 Å². The smallest absolute Gasteiger partial charge is 0.289 e. The van der Waals surface area contributed by atoms with Crippen LogP contribution in [-0.2, 0) is 14.8 Å². The van der Waals surface area contributed by atoms with Gasteiger partial charge in [-0.3, -0.25) is 0 Å². The molecule has 1 aromatic carbocycles. The number of nitrogens with one attached hydrogen (secondary N) is 1. The van der Waals surface area contributed by atoms with Gasteiger partial charge in [-0.1, -0.05) is 30.3 Å². The summed E-state index contributed by atoms with van der Waals surface area (Å²) in [4.78, 5) is 10.5. The Hall–Kier alpha value is -2.52. The molecule has 8 nitrogen and oxygen atoms in total. The van der Waals surface area contributed by atoms with Crippen LogP contribution in [0.4, 0.5) is 11.8 Å². The van der Waals surface area contributed by atoms with Crippen LogP contribution in [0.3, 0.4) is 0 Å². The monoisotopic (exact) mass is 345 g/mol. The van der Waals surface area contributed by atoms with E-state index in [4.69, 9.17) is 4.74 Å². The van der Waals surface area contributed by atoms with E-state index in [2.05, 4.69) is 19.7 Å². The maximum atomic E-state index is 12.4. The molecule has 0 atom stereocenters. The fraction of sp³-hybridized carbons (Fsp3) is 0.267. The number of amidine groups is 1. The molecule has 0 bridgehead atoms. The van der Waals surface area contributed by atoms with Gasteiger partial charge in [-0.25, -0.2) is 4.98 Å². The molecule has 4 rings (SSSR count). The van der Waals surface area contributed by atoms with Crippen LogP contribution >= 0.6 is 0 Å². The summed E-state index contributed by atoms with van der Waals surface area (Å²) in [7, 11) is -3.83. The Labute approximate surface area is 139 Å². The summed E-state index contributed by atoms with van der Waals surface area (Å²) in [5.74, 6) is 0.990. The van der Waals surface area contributed by atoms with Gasteiger partial charge in [0.15, 0.2) is 16.5 Å². The van der Waals surface area contributed by atoms with Crippen LogP contribution in [0.25, 0.3) is 0 Å². The number of hydrogen-bond donors (Lipinski definition) is 1. The molecule has 1 saturated heterocycles. The lowest BCUT2D eigenvalue weighted by Crippen LogP contribution is -2.37. The first-order valence-corrected chi connectivity index (χ1v) is 8.95. The Bertz CT molecular complexity index is 893. The number of ether oxygens (including phenoxy) is 1. The standard InChI is InChI=1S/C15H15N5O3S/c21-24(22)12-10-16-15(20-6-8-23-9-7-20)18-14(12)17-13(19-24)11-4-2-1-3-5-11/h1-5,10H,6-9H2,(H,16,17,18,19). The van der Waals surface area contributed by atoms with Gasteiger partial charge in [0, 0.05) is 18.7 Å². The molecule has 0 saturated carbocycles. The molecule has 2 aliphatic heterocycles. The van der Waals surface area contributed by atoms with Crippen molar-refractivity contribution >= 4 is 27.6 Å². The number of sulfonamides is 1. The summed E-state index contributed by atoms with van der Waals surface area (Å²) < 4.78 is 34.0. The summed E-state index contributed by atoms with van der Waals surface area (Å²) >= 11 is 0. The Kier molecular flexibility index (Phi) is 3.66. The maximum absolute atomic E-state index is 12.4. The Morgan fingerprint density at radius 3 is 2.62 bits per heavy atom. The van der Waals surface area contributed by atoms with Gasteiger partial charge in [-0.15, -0.1) is 4.40 Å². The molecule has 1 fully saturated rings. The minimum Gasteiger partial charge on any atom is -0.378 e. The number of aromatic nitrogens is 2. The lowest BCUT2D eigenvalue weighted by molar-refractivity contribution is 0.122. The number of anilines is 2. The molecule has 0 unspecified atom stereocenters. The van der Waals surface area contributed by atoms with Crippen molar-refractivity contribution in [3.8, 4) is 0 Å². The first-order valence-electron chi connectivity index (χ1n) is 7.51. The number of rotatable bonds is 2. The molecule has 0 aliphatic carbocycles. The molecule has 2 aliphatic rings. The highest BCUT2D eigenvalue weighted by molar-refractivity contribution is 7.90. The van der Waals surface area contributed by atoms with Crippen LogP contribution in [-0.4, -0.2) is 50.5 Å². The SMILES string of the molecule is O=S1(=O)N=C(c2ccccc2)Nc2nc(N3CCOCC3)ncc21. The largest absolute Gasteiger partial charge is 0.378 e. The highest BCUT2D eigenvalue weighted by Crippen LogP contribution is 2.28. The topological polar surface area (TPSA) is 96.8 Å². The molecule has 0 amide bonds. The van der Waals surface area contributed by atoms with Crippen molar-refractivity contribution in [2.75, 3.05) is 36.5 Å². The van der Waals surface area contributed by atoms with Gasteiger partial charge in [0.05, 0.1) is 19.4 Å². The normalized spacial score (nSPS) is 19.2. The third-order valence-corrected chi connectivity index (χ3v) is 5.09. The van der Waals surface area contributed by atoms with Crippen molar-refractivity contribution in [1.29, 1.82) is 0 Å². The predicted molar refractivity (Wildman–Crippen MR) is 88.9 cm³/mol. The summed E-state index contributed by atoms with van der Waals surface area (Å²) in [6.45, 7) is 2.54. The lowest BCUT2D eigenvalue weighted by atomic mass is 10.2. The molecule has 24 heavy (non-hydrogen) atoms. The lowest BCUT2D eigenvalue weighted by Gasteiger charge is -2.27. The molecule has 0 radical (unpaired) electrons. The first kappa shape index (κ1) is 15.0. The van der Waals surface area contributed by atoms with Crippen LogP contribution < -0.4 is 10.2 Å². The van der Waals surface area contributed by atoms with Crippen molar-refractivity contribution in [2.24, 2.45) is 4.40 Å². The molecular formula is C15H15N5O3S. The zero-order valence-electron chi connectivity index (χ0n) is 12.7. The second kappa shape index (κ2) is 5.84. The zero-order chi connectivity index (χ0) is 16.6. The molecule has 1 aromatic heterocycles. The number of fused-ring (bicyclic) bond motifs is 1. The van der Waals surface area contributed by atoms with Crippen molar-refractivity contribution in [3.63, 3.8) is 0 Å². The highest BCUT2D eigenvalue weighted by Gasteiger charge is 2.28. The fourth-order valence-corrected chi connectivity index (χ4v) is 3.60. The van der Waals surface area contributed by atoms with Crippen LogP contribution in [0, 0.1) is 0 Å². The van der Waals surface area contributed by atoms with E-state index in [1.807, 2.05) is 23.1 Å². The van der Waals surface area contributed by atoms with E-state index in [1.165, 1.54) is 6.20 Å². The number of benzene rings is 1. The van der Waals surface area contributed by atoms with E-state index < -0.39 is 10.0 Å². The van der Waals surface area contributed by atoms with Crippen molar-refractivity contribution in [1.82, 2.24) is 9.97 Å². The minimum absolute atomic E-state index is 0.0146. The van der Waals surface area contributed by atoms with E-state index >= 15 is 0 Å². The van der Waals surface area contributed by atoms with E-state index in [1.54, 1.807) is 12.1 Å². The van der Waals surface area contributed by atoms with Gasteiger partial charge in [-0.2, -0.15) is 13.4 Å². The third kappa shape index (κ3) is 2.72. The minimum atomic E-state index is -3.83. The van der Waals surface area contributed by atoms with Crippen LogP contribution in [0.5, 0.6) is 0 Å². The van der Waals surface area contributed by atoms with Gasteiger partial charge >= 0.3 is 0 Å². The summed E-state index contributed by atoms with van der Waals surface area (Å²) in [6, 6.07) is 9.07. The van der Waals surface area contributed by atoms with Gasteiger partial charge < -0.3 is 15.0 Å². The molecule has 1 N–H and O–H groups in total. The fourth-order valence-electron chi connectivity index (χ4n) is 2.58. The summed E-state index contributed by atoms with van der Waals surface area (Å²) in [5.41, 5.74) is 0.679. The average Bonchev–Trinajstić information content (AvgIpc) is 2.62. The van der Waals surface area contributed by atoms with E-state index in [0.29, 0.717) is 37.8 Å². The van der Waals surface area contributed by atoms with E-state index in [-0.39, 0.29) is 16.5 Å². The molecule has 0 spiro atoms. The van der Waals surface area contributed by atoms with E-state index in [0.717, 1.165) is 0 Å². The predicted octanol–water partition coefficient (Wildman–Crippen LogP) is 0.874. The second-order valence-corrected chi connectivity index (χ2v) is 6.96. The molecule has 124 valence electrons. The Morgan fingerprint density at radius 2 is 1.88 bits per heavy atom. The molecular weight excluding hydrogens is 330 g/mol. The Morgan fingerprint density at radius 1 is 1.12 bits per heavy atom. The highest BCUT2D eigenvalue weighted by atomic mass is 32.2. The van der Waals surface area contributed by atoms with Crippen molar-refractivity contribution in [3.05, 3.63) is 42.1 Å². The molecule has 3 heterocycles. The van der Waals surface area contributed by atoms with Gasteiger partial charge in [0.1, 0.15) is 0 Å². The first-order chi connectivity index (χ1) is 11.6. The van der Waals surface area contributed by atoms with Crippen LogP contribution in [0.1, 0.15) is 5.56 Å². The summed E-state index contributed by atoms with van der Waals surface area (Å²) in [5, 5.41) is 3.01. The van der Waals surface area contributed by atoms with Gasteiger partial charge in [0.2, 0.25) is 5.95 Å². The van der Waals surface area contributed by atoms with Crippen molar-refractivity contribution < 1.29 is 13.2 Å². The number of morpholine rings is 1. The number of hydrogen-bond acceptors (Lipinski definition) is 7. The number of nitrogens with zero attached hydrogens (tertiary/aromatic N) is 4. The molecule has 9 heteroatoms.